The Morgan fingerprint density at radius 1 is 1.22 bits per heavy atom. The first-order chi connectivity index (χ1) is 10.5. The van der Waals surface area contributed by atoms with Gasteiger partial charge in [-0.1, -0.05) is 38.8 Å². The molecule has 0 bridgehead atoms. The van der Waals surface area contributed by atoms with Crippen LogP contribution in [-0.4, -0.2) is 32.7 Å². The minimum absolute atomic E-state index is 0. The molecule has 1 aromatic carbocycles. The van der Waals surface area contributed by atoms with Crippen molar-refractivity contribution in [3.8, 4) is 0 Å². The Balaban J connectivity index is 0.00000484. The zero-order chi connectivity index (χ0) is 16.6. The Morgan fingerprint density at radius 2 is 1.87 bits per heavy atom. The van der Waals surface area contributed by atoms with E-state index in [4.69, 9.17) is 5.73 Å². The lowest BCUT2D eigenvalue weighted by molar-refractivity contribution is 0.0932. The lowest BCUT2D eigenvalue weighted by atomic mass is 10.1. The number of nitrogens with one attached hydrogen (secondary N) is 1. The van der Waals surface area contributed by atoms with Gasteiger partial charge in [-0.15, -0.1) is 12.4 Å². The quantitative estimate of drug-likeness (QED) is 0.706. The first kappa shape index (κ1) is 21.9. The molecule has 0 aliphatic heterocycles. The molecule has 0 spiro atoms. The predicted octanol–water partition coefficient (Wildman–Crippen LogP) is 2.54. The van der Waals surface area contributed by atoms with Crippen molar-refractivity contribution in [1.29, 1.82) is 0 Å². The van der Waals surface area contributed by atoms with E-state index in [1.165, 1.54) is 6.07 Å². The molecule has 7 heteroatoms. The molecule has 1 amide bonds. The van der Waals surface area contributed by atoms with Crippen LogP contribution in [0.15, 0.2) is 29.2 Å². The number of rotatable bonds is 9. The van der Waals surface area contributed by atoms with E-state index in [9.17, 15) is 13.2 Å². The van der Waals surface area contributed by atoms with Crippen molar-refractivity contribution in [2.75, 3.05) is 12.3 Å². The van der Waals surface area contributed by atoms with Crippen molar-refractivity contribution in [3.05, 3.63) is 29.8 Å². The number of sulfone groups is 1. The van der Waals surface area contributed by atoms with Crippen LogP contribution in [0.3, 0.4) is 0 Å². The number of halogens is 1. The zero-order valence-corrected chi connectivity index (χ0v) is 15.4. The van der Waals surface area contributed by atoms with Crippen LogP contribution in [0.2, 0.25) is 0 Å². The third-order valence-corrected chi connectivity index (χ3v) is 5.44. The number of amides is 1. The minimum Gasteiger partial charge on any atom is -0.348 e. The lowest BCUT2D eigenvalue weighted by Gasteiger charge is -2.17. The highest BCUT2D eigenvalue weighted by Gasteiger charge is 2.22. The highest BCUT2D eigenvalue weighted by Crippen LogP contribution is 2.18. The van der Waals surface area contributed by atoms with Crippen molar-refractivity contribution in [2.45, 2.75) is 50.5 Å². The molecule has 1 atom stereocenters. The first-order valence-corrected chi connectivity index (χ1v) is 9.44. The van der Waals surface area contributed by atoms with E-state index in [1.54, 1.807) is 25.1 Å². The molecule has 0 aliphatic rings. The summed E-state index contributed by atoms with van der Waals surface area (Å²) in [6.45, 7) is 4.22. The molecule has 132 valence electrons. The van der Waals surface area contributed by atoms with Crippen LogP contribution in [0.25, 0.3) is 0 Å². The van der Waals surface area contributed by atoms with Gasteiger partial charge < -0.3 is 11.1 Å². The molecule has 5 nitrogen and oxygen atoms in total. The summed E-state index contributed by atoms with van der Waals surface area (Å²) in [5, 5.41) is 2.84. The Hall–Kier alpha value is -1.11. The van der Waals surface area contributed by atoms with Gasteiger partial charge in [-0.2, -0.15) is 0 Å². The summed E-state index contributed by atoms with van der Waals surface area (Å²) < 4.78 is 24.6. The highest BCUT2D eigenvalue weighted by atomic mass is 35.5. The van der Waals surface area contributed by atoms with Crippen molar-refractivity contribution in [1.82, 2.24) is 5.32 Å². The van der Waals surface area contributed by atoms with Gasteiger partial charge in [-0.25, -0.2) is 8.42 Å². The van der Waals surface area contributed by atoms with Crippen LogP contribution in [0.4, 0.5) is 0 Å². The van der Waals surface area contributed by atoms with Gasteiger partial charge in [0.05, 0.1) is 16.2 Å². The second-order valence-corrected chi connectivity index (χ2v) is 7.44. The Kier molecular flexibility index (Phi) is 10.1. The van der Waals surface area contributed by atoms with Crippen molar-refractivity contribution >= 4 is 28.2 Å². The fourth-order valence-electron chi connectivity index (χ4n) is 2.27. The van der Waals surface area contributed by atoms with Gasteiger partial charge in [0.1, 0.15) is 0 Å². The summed E-state index contributed by atoms with van der Waals surface area (Å²) in [5.74, 6) is -0.338. The number of unbranched alkanes of at least 4 members (excludes halogenated alkanes) is 1. The van der Waals surface area contributed by atoms with Crippen molar-refractivity contribution < 1.29 is 13.2 Å². The van der Waals surface area contributed by atoms with Crippen LogP contribution < -0.4 is 11.1 Å². The predicted molar refractivity (Wildman–Crippen MR) is 95.9 cm³/mol. The number of carbonyl (C=O) groups excluding carboxylic acids is 1. The molecule has 0 saturated heterocycles. The minimum atomic E-state index is -3.44. The van der Waals surface area contributed by atoms with E-state index >= 15 is 0 Å². The average Bonchev–Trinajstić information content (AvgIpc) is 2.51. The number of hydrogen-bond donors (Lipinski definition) is 2. The molecular weight excluding hydrogens is 336 g/mol. The Morgan fingerprint density at radius 3 is 2.43 bits per heavy atom. The summed E-state index contributed by atoms with van der Waals surface area (Å²) >= 11 is 0. The fraction of sp³-hybridized carbons (Fsp3) is 0.562. The molecule has 1 unspecified atom stereocenters. The van der Waals surface area contributed by atoms with Crippen LogP contribution in [0.1, 0.15) is 49.9 Å². The second-order valence-electron chi connectivity index (χ2n) is 5.36. The normalized spacial score (nSPS) is 12.3. The average molecular weight is 363 g/mol. The smallest absolute Gasteiger partial charge is 0.252 e. The van der Waals surface area contributed by atoms with Crippen molar-refractivity contribution in [2.24, 2.45) is 5.73 Å². The zero-order valence-electron chi connectivity index (χ0n) is 13.7. The summed E-state index contributed by atoms with van der Waals surface area (Å²) in [7, 11) is -3.44. The Bertz CT molecular complexity index is 591. The van der Waals surface area contributed by atoms with E-state index < -0.39 is 9.84 Å². The highest BCUT2D eigenvalue weighted by molar-refractivity contribution is 7.91. The van der Waals surface area contributed by atoms with Gasteiger partial charge in [0.2, 0.25) is 0 Å². The van der Waals surface area contributed by atoms with Crippen molar-refractivity contribution in [3.63, 3.8) is 0 Å². The largest absolute Gasteiger partial charge is 0.348 e. The molecule has 23 heavy (non-hydrogen) atoms. The number of hydrogen-bond acceptors (Lipinski definition) is 4. The number of nitrogens with two attached hydrogens (primary N) is 1. The second kappa shape index (κ2) is 10.6. The number of carbonyl (C=O) groups is 1. The van der Waals surface area contributed by atoms with Gasteiger partial charge in [0.25, 0.3) is 5.91 Å². The SMILES string of the molecule is CCCCC(CN)NC(=O)c1ccccc1S(=O)(=O)CCC.Cl. The fourth-order valence-corrected chi connectivity index (χ4v) is 3.81. The summed E-state index contributed by atoms with van der Waals surface area (Å²) in [6.07, 6.45) is 3.30. The maximum Gasteiger partial charge on any atom is 0.252 e. The summed E-state index contributed by atoms with van der Waals surface area (Å²) in [6, 6.07) is 6.21. The third kappa shape index (κ3) is 6.49. The summed E-state index contributed by atoms with van der Waals surface area (Å²) in [4.78, 5) is 12.5. The molecular formula is C16H27ClN2O3S. The standard InChI is InChI=1S/C16H26N2O3S.ClH/c1-3-5-8-13(12-17)18-16(19)14-9-6-7-10-15(14)22(20,21)11-4-2;/h6-7,9-10,13H,3-5,8,11-12,17H2,1-2H3,(H,18,19);1H. The molecule has 0 aromatic heterocycles. The molecule has 0 fully saturated rings. The summed E-state index contributed by atoms with van der Waals surface area (Å²) in [5.41, 5.74) is 5.88. The molecule has 0 aliphatic carbocycles. The molecule has 0 heterocycles. The lowest BCUT2D eigenvalue weighted by Crippen LogP contribution is -2.40. The van der Waals surface area contributed by atoms with Crippen LogP contribution >= 0.6 is 12.4 Å². The molecule has 1 aromatic rings. The van der Waals surface area contributed by atoms with E-state index in [1.807, 2.05) is 0 Å². The maximum atomic E-state index is 12.4. The van der Waals surface area contributed by atoms with E-state index in [0.29, 0.717) is 13.0 Å². The topological polar surface area (TPSA) is 89.3 Å². The van der Waals surface area contributed by atoms with Gasteiger partial charge >= 0.3 is 0 Å². The molecule has 3 N–H and O–H groups in total. The monoisotopic (exact) mass is 362 g/mol. The van der Waals surface area contributed by atoms with Gasteiger partial charge in [-0.3, -0.25) is 4.79 Å². The Labute approximate surface area is 145 Å². The maximum absolute atomic E-state index is 12.4. The molecule has 1 rings (SSSR count). The van der Waals surface area contributed by atoms with Gasteiger partial charge in [0, 0.05) is 12.6 Å². The third-order valence-electron chi connectivity index (χ3n) is 3.47. The van der Waals surface area contributed by atoms with Crippen LogP contribution in [-0.2, 0) is 9.84 Å². The molecule has 0 saturated carbocycles. The van der Waals surface area contributed by atoms with Crippen LogP contribution in [0.5, 0.6) is 0 Å². The van der Waals surface area contributed by atoms with Crippen LogP contribution in [0, 0.1) is 0 Å². The van der Waals surface area contributed by atoms with E-state index in [0.717, 1.165) is 19.3 Å². The molecule has 0 radical (unpaired) electrons. The first-order valence-electron chi connectivity index (χ1n) is 7.79. The van der Waals surface area contributed by atoms with Gasteiger partial charge in [0.15, 0.2) is 9.84 Å². The number of benzene rings is 1. The van der Waals surface area contributed by atoms with E-state index in [2.05, 4.69) is 12.2 Å². The van der Waals surface area contributed by atoms with Gasteiger partial charge in [-0.05, 0) is 25.0 Å². The van der Waals surface area contributed by atoms with E-state index in [-0.39, 0.29) is 40.6 Å².